The molecule has 0 bridgehead atoms. The minimum Gasteiger partial charge on any atom is -0.363 e. The van der Waals surface area contributed by atoms with Gasteiger partial charge < -0.3 is 10.2 Å². The first-order chi connectivity index (χ1) is 9.84. The Bertz CT molecular complexity index is 539. The molecule has 0 amide bonds. The molecule has 3 rings (SSSR count). The van der Waals surface area contributed by atoms with Crippen molar-refractivity contribution in [2.45, 2.75) is 12.5 Å². The highest BCUT2D eigenvalue weighted by atomic mass is 35.5. The van der Waals surface area contributed by atoms with Gasteiger partial charge in [-0.1, -0.05) is 41.9 Å². The summed E-state index contributed by atoms with van der Waals surface area (Å²) in [5, 5.41) is 4.29. The number of anilines is 1. The van der Waals surface area contributed by atoms with Crippen LogP contribution in [0.4, 0.5) is 5.69 Å². The van der Waals surface area contributed by atoms with Crippen LogP contribution in [-0.4, -0.2) is 19.6 Å². The number of nitrogens with zero attached hydrogens (tertiary/aromatic N) is 1. The first-order valence-corrected chi connectivity index (χ1v) is 7.50. The van der Waals surface area contributed by atoms with Crippen molar-refractivity contribution in [3.05, 3.63) is 65.2 Å². The van der Waals surface area contributed by atoms with Crippen LogP contribution in [-0.2, 0) is 0 Å². The summed E-state index contributed by atoms with van der Waals surface area (Å²) in [6.45, 7) is 3.10. The Labute approximate surface area is 125 Å². The highest BCUT2D eigenvalue weighted by Gasteiger charge is 2.22. The maximum Gasteiger partial charge on any atom is 0.0555 e. The van der Waals surface area contributed by atoms with Crippen molar-refractivity contribution >= 4 is 17.3 Å². The van der Waals surface area contributed by atoms with Gasteiger partial charge in [-0.15, -0.1) is 0 Å². The van der Waals surface area contributed by atoms with Crippen LogP contribution in [0.2, 0.25) is 5.02 Å². The quantitative estimate of drug-likeness (QED) is 0.901. The fourth-order valence-corrected chi connectivity index (χ4v) is 2.96. The zero-order chi connectivity index (χ0) is 13.8. The summed E-state index contributed by atoms with van der Waals surface area (Å²) in [5.41, 5.74) is 2.62. The molecule has 0 unspecified atom stereocenters. The molecule has 1 fully saturated rings. The summed E-state index contributed by atoms with van der Waals surface area (Å²) in [4.78, 5) is 2.49. The summed E-state index contributed by atoms with van der Waals surface area (Å²) in [6.07, 6.45) is 1.11. The van der Waals surface area contributed by atoms with Gasteiger partial charge in [0, 0.05) is 23.8 Å². The molecule has 1 N–H and O–H groups in total. The van der Waals surface area contributed by atoms with E-state index in [1.54, 1.807) is 0 Å². The van der Waals surface area contributed by atoms with Crippen molar-refractivity contribution in [3.63, 3.8) is 0 Å². The number of para-hydroxylation sites is 1. The SMILES string of the molecule is Clc1ccc([C@@H]2CCNCCN2c2ccccc2)cc1. The van der Waals surface area contributed by atoms with E-state index in [1.807, 2.05) is 12.1 Å². The van der Waals surface area contributed by atoms with E-state index in [0.29, 0.717) is 6.04 Å². The van der Waals surface area contributed by atoms with E-state index < -0.39 is 0 Å². The van der Waals surface area contributed by atoms with Crippen LogP contribution >= 0.6 is 11.6 Å². The molecule has 1 aliphatic heterocycles. The topological polar surface area (TPSA) is 15.3 Å². The third kappa shape index (κ3) is 2.97. The molecule has 20 heavy (non-hydrogen) atoms. The molecule has 0 aliphatic carbocycles. The number of hydrogen-bond acceptors (Lipinski definition) is 2. The predicted octanol–water partition coefficient (Wildman–Crippen LogP) is 3.88. The lowest BCUT2D eigenvalue weighted by molar-refractivity contribution is 0.617. The van der Waals surface area contributed by atoms with Gasteiger partial charge in [-0.25, -0.2) is 0 Å². The van der Waals surface area contributed by atoms with Gasteiger partial charge in [0.1, 0.15) is 0 Å². The maximum absolute atomic E-state index is 6.01. The second-order valence-corrected chi connectivity index (χ2v) is 5.57. The second-order valence-electron chi connectivity index (χ2n) is 5.13. The van der Waals surface area contributed by atoms with E-state index >= 15 is 0 Å². The molecular weight excluding hydrogens is 268 g/mol. The van der Waals surface area contributed by atoms with Gasteiger partial charge >= 0.3 is 0 Å². The van der Waals surface area contributed by atoms with Crippen LogP contribution in [0, 0.1) is 0 Å². The van der Waals surface area contributed by atoms with Crippen molar-refractivity contribution in [2.75, 3.05) is 24.5 Å². The van der Waals surface area contributed by atoms with Crippen molar-refractivity contribution in [1.82, 2.24) is 5.32 Å². The number of rotatable bonds is 2. The maximum atomic E-state index is 6.01. The average molecular weight is 287 g/mol. The van der Waals surface area contributed by atoms with E-state index in [9.17, 15) is 0 Å². The van der Waals surface area contributed by atoms with E-state index in [1.165, 1.54) is 11.3 Å². The highest BCUT2D eigenvalue weighted by molar-refractivity contribution is 6.30. The van der Waals surface area contributed by atoms with Gasteiger partial charge in [-0.05, 0) is 42.8 Å². The lowest BCUT2D eigenvalue weighted by Gasteiger charge is -2.32. The largest absolute Gasteiger partial charge is 0.363 e. The first-order valence-electron chi connectivity index (χ1n) is 7.12. The van der Waals surface area contributed by atoms with Crippen molar-refractivity contribution < 1.29 is 0 Å². The van der Waals surface area contributed by atoms with Gasteiger partial charge in [0.25, 0.3) is 0 Å². The molecule has 0 saturated carbocycles. The third-order valence-electron chi connectivity index (χ3n) is 3.84. The first kappa shape index (κ1) is 13.5. The molecular formula is C17H19ClN2. The third-order valence-corrected chi connectivity index (χ3v) is 4.09. The van der Waals surface area contributed by atoms with Crippen molar-refractivity contribution in [2.24, 2.45) is 0 Å². The number of hydrogen-bond donors (Lipinski definition) is 1. The molecule has 0 radical (unpaired) electrons. The Hall–Kier alpha value is -1.51. The van der Waals surface area contributed by atoms with Crippen LogP contribution in [0.1, 0.15) is 18.0 Å². The van der Waals surface area contributed by atoms with Gasteiger partial charge in [-0.3, -0.25) is 0 Å². The molecule has 1 heterocycles. The fraction of sp³-hybridized carbons (Fsp3) is 0.294. The molecule has 2 aromatic rings. The Morgan fingerprint density at radius 2 is 1.70 bits per heavy atom. The molecule has 1 aliphatic rings. The number of nitrogens with one attached hydrogen (secondary N) is 1. The predicted molar refractivity (Wildman–Crippen MR) is 85.5 cm³/mol. The van der Waals surface area contributed by atoms with Gasteiger partial charge in [-0.2, -0.15) is 0 Å². The highest BCUT2D eigenvalue weighted by Crippen LogP contribution is 2.30. The lowest BCUT2D eigenvalue weighted by Crippen LogP contribution is -2.30. The molecule has 0 spiro atoms. The molecule has 1 atom stereocenters. The number of benzene rings is 2. The van der Waals surface area contributed by atoms with Gasteiger partial charge in [0.2, 0.25) is 0 Å². The van der Waals surface area contributed by atoms with Crippen LogP contribution in [0.25, 0.3) is 0 Å². The van der Waals surface area contributed by atoms with E-state index in [2.05, 4.69) is 52.7 Å². The average Bonchev–Trinajstić information content (AvgIpc) is 2.75. The van der Waals surface area contributed by atoms with Crippen LogP contribution < -0.4 is 10.2 Å². The Balaban J connectivity index is 1.93. The van der Waals surface area contributed by atoms with E-state index in [-0.39, 0.29) is 0 Å². The standard InChI is InChI=1S/C17H19ClN2/c18-15-8-6-14(7-9-15)17-10-11-19-12-13-20(17)16-4-2-1-3-5-16/h1-9,17,19H,10-13H2/t17-/m0/s1. The second kappa shape index (κ2) is 6.29. The summed E-state index contributed by atoms with van der Waals surface area (Å²) in [6, 6.07) is 19.3. The van der Waals surface area contributed by atoms with Crippen LogP contribution in [0.3, 0.4) is 0 Å². The van der Waals surface area contributed by atoms with Gasteiger partial charge in [0.05, 0.1) is 6.04 Å². The molecule has 1 saturated heterocycles. The zero-order valence-corrected chi connectivity index (χ0v) is 12.2. The molecule has 0 aromatic heterocycles. The number of halogens is 1. The molecule has 104 valence electrons. The molecule has 2 nitrogen and oxygen atoms in total. The molecule has 3 heteroatoms. The normalized spacial score (nSPS) is 19.6. The van der Waals surface area contributed by atoms with Crippen LogP contribution in [0.5, 0.6) is 0 Å². The summed E-state index contributed by atoms with van der Waals surface area (Å²) in [5.74, 6) is 0. The zero-order valence-electron chi connectivity index (χ0n) is 11.4. The summed E-state index contributed by atoms with van der Waals surface area (Å²) in [7, 11) is 0. The fourth-order valence-electron chi connectivity index (χ4n) is 2.84. The minimum atomic E-state index is 0.407. The Kier molecular flexibility index (Phi) is 4.24. The summed E-state index contributed by atoms with van der Waals surface area (Å²) < 4.78 is 0. The van der Waals surface area contributed by atoms with Crippen molar-refractivity contribution in [1.29, 1.82) is 0 Å². The lowest BCUT2D eigenvalue weighted by atomic mass is 10.0. The Morgan fingerprint density at radius 1 is 0.950 bits per heavy atom. The Morgan fingerprint density at radius 3 is 2.45 bits per heavy atom. The smallest absolute Gasteiger partial charge is 0.0555 e. The van der Waals surface area contributed by atoms with Gasteiger partial charge in [0.15, 0.2) is 0 Å². The monoisotopic (exact) mass is 286 g/mol. The molecule has 2 aromatic carbocycles. The van der Waals surface area contributed by atoms with Crippen molar-refractivity contribution in [3.8, 4) is 0 Å². The summed E-state index contributed by atoms with van der Waals surface area (Å²) >= 11 is 6.01. The van der Waals surface area contributed by atoms with E-state index in [4.69, 9.17) is 11.6 Å². The minimum absolute atomic E-state index is 0.407. The van der Waals surface area contributed by atoms with E-state index in [0.717, 1.165) is 31.1 Å². The van der Waals surface area contributed by atoms with Crippen LogP contribution in [0.15, 0.2) is 54.6 Å².